The van der Waals surface area contributed by atoms with E-state index in [4.69, 9.17) is 9.47 Å². The number of hydrogen-bond donors (Lipinski definition) is 1. The molecular formula is C13H20F2N2O2. The average Bonchev–Trinajstić information content (AvgIpc) is 2.38. The molecule has 1 rings (SSSR count). The Morgan fingerprint density at radius 1 is 1.32 bits per heavy atom. The maximum atomic E-state index is 13.5. The zero-order valence-corrected chi connectivity index (χ0v) is 11.5. The second kappa shape index (κ2) is 7.89. The molecule has 0 saturated heterocycles. The summed E-state index contributed by atoms with van der Waals surface area (Å²) < 4.78 is 37.5. The molecule has 0 aliphatic rings. The van der Waals surface area contributed by atoms with Crippen molar-refractivity contribution in [2.75, 3.05) is 25.1 Å². The fourth-order valence-corrected chi connectivity index (χ4v) is 1.41. The Morgan fingerprint density at radius 2 is 2.05 bits per heavy atom. The molecule has 1 aromatic heterocycles. The highest BCUT2D eigenvalue weighted by molar-refractivity contribution is 5.39. The molecule has 1 N–H and O–H groups in total. The van der Waals surface area contributed by atoms with Gasteiger partial charge >= 0.3 is 0 Å². The van der Waals surface area contributed by atoms with E-state index in [1.54, 1.807) is 6.92 Å². The van der Waals surface area contributed by atoms with Crippen molar-refractivity contribution in [3.63, 3.8) is 0 Å². The molecule has 0 saturated carbocycles. The summed E-state index contributed by atoms with van der Waals surface area (Å²) in [6, 6.07) is 0.772. The van der Waals surface area contributed by atoms with Crippen LogP contribution < -0.4 is 10.1 Å². The highest BCUT2D eigenvalue weighted by Crippen LogP contribution is 2.21. The maximum Gasteiger partial charge on any atom is 0.252 e. The van der Waals surface area contributed by atoms with E-state index >= 15 is 0 Å². The largest absolute Gasteiger partial charge is 0.470 e. The standard InChI is InChI=1S/C13H20F2N2O2/c1-4-6-16-12-10(14)7-11(15)13(17-12)19-9(3)8-18-5-2/h7,9H,4-6,8H2,1-3H3,(H,16,17). The van der Waals surface area contributed by atoms with Crippen LogP contribution in [0.2, 0.25) is 0 Å². The van der Waals surface area contributed by atoms with Gasteiger partial charge in [-0.2, -0.15) is 4.98 Å². The van der Waals surface area contributed by atoms with Crippen LogP contribution in [-0.4, -0.2) is 30.8 Å². The van der Waals surface area contributed by atoms with Crippen LogP contribution in [0.15, 0.2) is 6.07 Å². The lowest BCUT2D eigenvalue weighted by atomic mass is 10.4. The van der Waals surface area contributed by atoms with E-state index in [0.29, 0.717) is 19.8 Å². The van der Waals surface area contributed by atoms with Gasteiger partial charge in [-0.3, -0.25) is 0 Å². The van der Waals surface area contributed by atoms with Crippen LogP contribution in [-0.2, 0) is 4.74 Å². The third kappa shape index (κ3) is 4.98. The van der Waals surface area contributed by atoms with Crippen molar-refractivity contribution in [2.45, 2.75) is 33.3 Å². The summed E-state index contributed by atoms with van der Waals surface area (Å²) in [4.78, 5) is 3.82. The quantitative estimate of drug-likeness (QED) is 0.791. The van der Waals surface area contributed by atoms with Gasteiger partial charge < -0.3 is 14.8 Å². The summed E-state index contributed by atoms with van der Waals surface area (Å²) >= 11 is 0. The third-order valence-corrected chi connectivity index (χ3v) is 2.31. The van der Waals surface area contributed by atoms with Crippen LogP contribution in [0.5, 0.6) is 5.88 Å². The van der Waals surface area contributed by atoms with E-state index in [1.165, 1.54) is 0 Å². The first-order valence-corrected chi connectivity index (χ1v) is 6.42. The number of hydrogen-bond acceptors (Lipinski definition) is 4. The maximum absolute atomic E-state index is 13.5. The van der Waals surface area contributed by atoms with Crippen molar-refractivity contribution in [3.05, 3.63) is 17.7 Å². The topological polar surface area (TPSA) is 43.4 Å². The summed E-state index contributed by atoms with van der Waals surface area (Å²) in [5.74, 6) is -1.76. The lowest BCUT2D eigenvalue weighted by Crippen LogP contribution is -2.20. The number of nitrogens with zero attached hydrogens (tertiary/aromatic N) is 1. The molecule has 0 aliphatic carbocycles. The molecule has 0 radical (unpaired) electrons. The number of rotatable bonds is 8. The minimum atomic E-state index is -0.817. The number of halogens is 2. The molecule has 1 heterocycles. The molecule has 108 valence electrons. The Morgan fingerprint density at radius 3 is 2.68 bits per heavy atom. The molecular weight excluding hydrogens is 254 g/mol. The first-order chi connectivity index (χ1) is 9.08. The highest BCUT2D eigenvalue weighted by atomic mass is 19.1. The van der Waals surface area contributed by atoms with Gasteiger partial charge in [0, 0.05) is 19.2 Å². The highest BCUT2D eigenvalue weighted by Gasteiger charge is 2.15. The van der Waals surface area contributed by atoms with E-state index in [9.17, 15) is 8.78 Å². The van der Waals surface area contributed by atoms with Crippen molar-refractivity contribution in [1.29, 1.82) is 0 Å². The number of anilines is 1. The molecule has 0 amide bonds. The predicted octanol–water partition coefficient (Wildman–Crippen LogP) is 2.99. The summed E-state index contributed by atoms with van der Waals surface area (Å²) in [5.41, 5.74) is 0. The molecule has 0 fully saturated rings. The number of aromatic nitrogens is 1. The van der Waals surface area contributed by atoms with Crippen LogP contribution in [0.3, 0.4) is 0 Å². The summed E-state index contributed by atoms with van der Waals surface area (Å²) in [5, 5.41) is 2.78. The van der Waals surface area contributed by atoms with E-state index < -0.39 is 11.6 Å². The van der Waals surface area contributed by atoms with Gasteiger partial charge in [0.05, 0.1) is 6.61 Å². The van der Waals surface area contributed by atoms with E-state index in [1.807, 2.05) is 13.8 Å². The Labute approximate surface area is 112 Å². The van der Waals surface area contributed by atoms with Gasteiger partial charge in [-0.25, -0.2) is 8.78 Å². The van der Waals surface area contributed by atoms with Crippen molar-refractivity contribution >= 4 is 5.82 Å². The van der Waals surface area contributed by atoms with Crippen LogP contribution in [0.25, 0.3) is 0 Å². The lowest BCUT2D eigenvalue weighted by molar-refractivity contribution is 0.0610. The normalized spacial score (nSPS) is 12.3. The molecule has 0 bridgehead atoms. The average molecular weight is 274 g/mol. The predicted molar refractivity (Wildman–Crippen MR) is 69.5 cm³/mol. The van der Waals surface area contributed by atoms with Gasteiger partial charge in [0.1, 0.15) is 6.10 Å². The molecule has 19 heavy (non-hydrogen) atoms. The minimum absolute atomic E-state index is 0.00172. The summed E-state index contributed by atoms with van der Waals surface area (Å²) in [6.45, 7) is 6.97. The van der Waals surface area contributed by atoms with Crippen molar-refractivity contribution in [1.82, 2.24) is 4.98 Å². The van der Waals surface area contributed by atoms with Gasteiger partial charge in [-0.1, -0.05) is 6.92 Å². The first kappa shape index (κ1) is 15.6. The second-order valence-electron chi connectivity index (χ2n) is 4.12. The van der Waals surface area contributed by atoms with Gasteiger partial charge in [0.2, 0.25) is 0 Å². The Bertz CT molecular complexity index is 402. The zero-order valence-electron chi connectivity index (χ0n) is 11.5. The second-order valence-corrected chi connectivity index (χ2v) is 4.12. The van der Waals surface area contributed by atoms with Crippen LogP contribution >= 0.6 is 0 Å². The summed E-state index contributed by atoms with van der Waals surface area (Å²) in [6.07, 6.45) is 0.460. The lowest BCUT2D eigenvalue weighted by Gasteiger charge is -2.15. The van der Waals surface area contributed by atoms with Crippen molar-refractivity contribution in [3.8, 4) is 5.88 Å². The number of ether oxygens (including phenoxy) is 2. The zero-order chi connectivity index (χ0) is 14.3. The van der Waals surface area contributed by atoms with E-state index in [2.05, 4.69) is 10.3 Å². The smallest absolute Gasteiger partial charge is 0.252 e. The van der Waals surface area contributed by atoms with Crippen LogP contribution in [0.1, 0.15) is 27.2 Å². The molecule has 0 aliphatic heterocycles. The van der Waals surface area contributed by atoms with E-state index in [-0.39, 0.29) is 17.8 Å². The minimum Gasteiger partial charge on any atom is -0.470 e. The monoisotopic (exact) mass is 274 g/mol. The molecule has 6 heteroatoms. The first-order valence-electron chi connectivity index (χ1n) is 6.42. The Balaban J connectivity index is 2.76. The fraction of sp³-hybridized carbons (Fsp3) is 0.615. The molecule has 0 spiro atoms. The van der Waals surface area contributed by atoms with Gasteiger partial charge in [0.15, 0.2) is 17.5 Å². The number of pyridine rings is 1. The number of nitrogens with one attached hydrogen (secondary N) is 1. The fourth-order valence-electron chi connectivity index (χ4n) is 1.41. The molecule has 1 unspecified atom stereocenters. The van der Waals surface area contributed by atoms with Crippen molar-refractivity contribution in [2.24, 2.45) is 0 Å². The molecule has 0 aromatic carbocycles. The molecule has 4 nitrogen and oxygen atoms in total. The van der Waals surface area contributed by atoms with Gasteiger partial charge in [-0.15, -0.1) is 0 Å². The van der Waals surface area contributed by atoms with E-state index in [0.717, 1.165) is 12.5 Å². The molecule has 1 aromatic rings. The Hall–Kier alpha value is -1.43. The van der Waals surface area contributed by atoms with Gasteiger partial charge in [0.25, 0.3) is 5.88 Å². The van der Waals surface area contributed by atoms with Crippen molar-refractivity contribution < 1.29 is 18.3 Å². The van der Waals surface area contributed by atoms with Gasteiger partial charge in [-0.05, 0) is 20.3 Å². The third-order valence-electron chi connectivity index (χ3n) is 2.31. The van der Waals surface area contributed by atoms with Crippen LogP contribution in [0, 0.1) is 11.6 Å². The summed E-state index contributed by atoms with van der Waals surface area (Å²) in [7, 11) is 0. The van der Waals surface area contributed by atoms with Crippen LogP contribution in [0.4, 0.5) is 14.6 Å². The molecule has 1 atom stereocenters. The Kier molecular flexibility index (Phi) is 6.49. The SMILES string of the molecule is CCCNc1nc(OC(C)COCC)c(F)cc1F.